The summed E-state index contributed by atoms with van der Waals surface area (Å²) in [5.74, 6) is 0. The predicted octanol–water partition coefficient (Wildman–Crippen LogP) is 3.36. The maximum Gasteiger partial charge on any atom is 0.160 e. The molecule has 0 spiro atoms. The van der Waals surface area contributed by atoms with E-state index in [1.807, 2.05) is 12.1 Å². The second-order valence-electron chi connectivity index (χ2n) is 4.45. The zero-order valence-corrected chi connectivity index (χ0v) is 11.1. The van der Waals surface area contributed by atoms with Gasteiger partial charge in [-0.3, -0.25) is 4.79 Å². The van der Waals surface area contributed by atoms with Gasteiger partial charge in [-0.1, -0.05) is 11.6 Å². The predicted molar refractivity (Wildman–Crippen MR) is 72.3 cm³/mol. The molecule has 1 aromatic carbocycles. The van der Waals surface area contributed by atoms with Crippen molar-refractivity contribution in [3.8, 4) is 0 Å². The van der Waals surface area contributed by atoms with Gasteiger partial charge < -0.3 is 4.90 Å². The van der Waals surface area contributed by atoms with E-state index in [1.54, 1.807) is 11.3 Å². The van der Waals surface area contributed by atoms with E-state index in [9.17, 15) is 4.79 Å². The summed E-state index contributed by atoms with van der Waals surface area (Å²) in [4.78, 5) is 14.2. The highest BCUT2D eigenvalue weighted by Crippen LogP contribution is 2.38. The molecule has 0 N–H and O–H groups in total. The lowest BCUT2D eigenvalue weighted by Gasteiger charge is -2.12. The maximum absolute atomic E-state index is 11.2. The summed E-state index contributed by atoms with van der Waals surface area (Å²) in [5.41, 5.74) is 2.35. The molecule has 4 heteroatoms. The van der Waals surface area contributed by atoms with Crippen molar-refractivity contribution in [1.29, 1.82) is 0 Å². The molecular formula is C13H12ClNOS. The molecule has 0 radical (unpaired) electrons. The van der Waals surface area contributed by atoms with Crippen molar-refractivity contribution >= 4 is 39.3 Å². The number of aldehydes is 1. The van der Waals surface area contributed by atoms with Gasteiger partial charge in [-0.05, 0) is 36.7 Å². The molecule has 0 aliphatic carbocycles. The summed E-state index contributed by atoms with van der Waals surface area (Å²) in [5, 5.41) is 2.04. The Labute approximate surface area is 109 Å². The summed E-state index contributed by atoms with van der Waals surface area (Å²) in [7, 11) is 2.08. The van der Waals surface area contributed by atoms with Crippen molar-refractivity contribution in [2.75, 3.05) is 13.6 Å². The number of carbonyl (C=O) groups is 1. The molecule has 0 atom stereocenters. The standard InChI is InChI=1S/C13H12ClNOS/c1-15-5-4-8-10(14)2-3-11-13(8)9(6-15)12(7-16)17-11/h2-3,7H,4-6H2,1H3. The fourth-order valence-electron chi connectivity index (χ4n) is 2.47. The third-order valence-corrected chi connectivity index (χ3v) is 4.79. The zero-order chi connectivity index (χ0) is 12.0. The third kappa shape index (κ3) is 1.69. The molecule has 0 saturated heterocycles. The zero-order valence-electron chi connectivity index (χ0n) is 9.50. The number of carbonyl (C=O) groups excluding carboxylic acids is 1. The highest BCUT2D eigenvalue weighted by molar-refractivity contribution is 7.20. The van der Waals surface area contributed by atoms with Crippen LogP contribution in [0.1, 0.15) is 20.8 Å². The first-order chi connectivity index (χ1) is 8.20. The Hall–Kier alpha value is -0.900. The number of halogens is 1. The number of hydrogen-bond donors (Lipinski definition) is 0. The van der Waals surface area contributed by atoms with Crippen LogP contribution in [0.15, 0.2) is 12.1 Å². The molecule has 1 aromatic heterocycles. The minimum Gasteiger partial charge on any atom is -0.302 e. The van der Waals surface area contributed by atoms with E-state index in [4.69, 9.17) is 11.6 Å². The molecule has 2 heterocycles. The van der Waals surface area contributed by atoms with Crippen LogP contribution in [0, 0.1) is 0 Å². The number of thiophene rings is 1. The molecule has 3 rings (SSSR count). The number of likely N-dealkylation sites (N-methyl/N-ethyl adjacent to an activating group) is 1. The average Bonchev–Trinajstić information content (AvgIpc) is 2.56. The van der Waals surface area contributed by atoms with Gasteiger partial charge in [0.05, 0.1) is 4.88 Å². The van der Waals surface area contributed by atoms with Crippen molar-refractivity contribution in [3.63, 3.8) is 0 Å². The Bertz CT molecular complexity index is 605. The van der Waals surface area contributed by atoms with Gasteiger partial charge in [0.1, 0.15) is 0 Å². The van der Waals surface area contributed by atoms with E-state index in [-0.39, 0.29) is 0 Å². The molecule has 1 aliphatic rings. The van der Waals surface area contributed by atoms with Crippen LogP contribution in [0.2, 0.25) is 5.02 Å². The van der Waals surface area contributed by atoms with Crippen LogP contribution in [0.3, 0.4) is 0 Å². The van der Waals surface area contributed by atoms with Crippen molar-refractivity contribution in [2.24, 2.45) is 0 Å². The third-order valence-electron chi connectivity index (χ3n) is 3.32. The normalized spacial score (nSPS) is 16.1. The summed E-state index contributed by atoms with van der Waals surface area (Å²) in [6.45, 7) is 1.82. The van der Waals surface area contributed by atoms with Crippen LogP contribution in [-0.4, -0.2) is 24.8 Å². The second kappa shape index (κ2) is 4.09. The largest absolute Gasteiger partial charge is 0.302 e. The van der Waals surface area contributed by atoms with Crippen LogP contribution in [-0.2, 0) is 13.0 Å². The van der Waals surface area contributed by atoms with E-state index in [2.05, 4.69) is 11.9 Å². The lowest BCUT2D eigenvalue weighted by Crippen LogP contribution is -2.18. The Morgan fingerprint density at radius 2 is 2.24 bits per heavy atom. The number of rotatable bonds is 1. The molecule has 2 aromatic rings. The van der Waals surface area contributed by atoms with Crippen molar-refractivity contribution < 1.29 is 4.79 Å². The van der Waals surface area contributed by atoms with Crippen molar-refractivity contribution in [3.05, 3.63) is 33.2 Å². The molecule has 0 saturated carbocycles. The average molecular weight is 266 g/mol. The van der Waals surface area contributed by atoms with Gasteiger partial charge in [-0.25, -0.2) is 0 Å². The van der Waals surface area contributed by atoms with Gasteiger partial charge in [-0.2, -0.15) is 0 Å². The molecule has 0 amide bonds. The number of benzene rings is 1. The Kier molecular flexibility index (Phi) is 2.69. The quantitative estimate of drug-likeness (QED) is 0.737. The summed E-state index contributed by atoms with van der Waals surface area (Å²) in [6.07, 6.45) is 1.92. The Balaban J connectivity index is 2.39. The lowest BCUT2D eigenvalue weighted by atomic mass is 10.0. The minimum atomic E-state index is 0.823. The molecule has 1 aliphatic heterocycles. The molecule has 17 heavy (non-hydrogen) atoms. The van der Waals surface area contributed by atoms with Gasteiger partial charge >= 0.3 is 0 Å². The fraction of sp³-hybridized carbons (Fsp3) is 0.308. The van der Waals surface area contributed by atoms with Gasteiger partial charge in [0, 0.05) is 28.2 Å². The van der Waals surface area contributed by atoms with Crippen molar-refractivity contribution in [1.82, 2.24) is 4.90 Å². The highest BCUT2D eigenvalue weighted by atomic mass is 35.5. The first-order valence-corrected chi connectivity index (χ1v) is 6.76. The molecule has 88 valence electrons. The van der Waals surface area contributed by atoms with Gasteiger partial charge in [0.15, 0.2) is 6.29 Å². The molecule has 0 unspecified atom stereocenters. The molecular weight excluding hydrogens is 254 g/mol. The summed E-state index contributed by atoms with van der Waals surface area (Å²) in [6, 6.07) is 3.97. The smallest absolute Gasteiger partial charge is 0.160 e. The summed E-state index contributed by atoms with van der Waals surface area (Å²) < 4.78 is 1.18. The van der Waals surface area contributed by atoms with E-state index in [0.717, 1.165) is 41.3 Å². The maximum atomic E-state index is 11.2. The first kappa shape index (κ1) is 11.2. The second-order valence-corrected chi connectivity index (χ2v) is 5.94. The topological polar surface area (TPSA) is 20.3 Å². The first-order valence-electron chi connectivity index (χ1n) is 5.57. The van der Waals surface area contributed by atoms with Crippen LogP contribution in [0.4, 0.5) is 0 Å². The molecule has 2 nitrogen and oxygen atoms in total. The van der Waals surface area contributed by atoms with E-state index in [0.29, 0.717) is 0 Å². The van der Waals surface area contributed by atoms with Crippen LogP contribution in [0.5, 0.6) is 0 Å². The molecule has 0 bridgehead atoms. The van der Waals surface area contributed by atoms with Gasteiger partial charge in [0.25, 0.3) is 0 Å². The molecule has 0 fully saturated rings. The Morgan fingerprint density at radius 1 is 1.41 bits per heavy atom. The van der Waals surface area contributed by atoms with Crippen LogP contribution < -0.4 is 0 Å². The monoisotopic (exact) mass is 265 g/mol. The van der Waals surface area contributed by atoms with Crippen LogP contribution in [0.25, 0.3) is 10.1 Å². The minimum absolute atomic E-state index is 0.823. The fourth-order valence-corrected chi connectivity index (χ4v) is 3.78. The highest BCUT2D eigenvalue weighted by Gasteiger charge is 2.21. The van der Waals surface area contributed by atoms with Gasteiger partial charge in [-0.15, -0.1) is 11.3 Å². The summed E-state index contributed by atoms with van der Waals surface area (Å²) >= 11 is 7.85. The van der Waals surface area contributed by atoms with E-state index in [1.165, 1.54) is 15.6 Å². The van der Waals surface area contributed by atoms with Gasteiger partial charge in [0.2, 0.25) is 0 Å². The van der Waals surface area contributed by atoms with Crippen molar-refractivity contribution in [2.45, 2.75) is 13.0 Å². The Morgan fingerprint density at radius 3 is 3.00 bits per heavy atom. The number of nitrogens with zero attached hydrogens (tertiary/aromatic N) is 1. The van der Waals surface area contributed by atoms with Crippen LogP contribution >= 0.6 is 22.9 Å². The van der Waals surface area contributed by atoms with E-state index >= 15 is 0 Å². The SMILES string of the molecule is CN1CCc2c(Cl)ccc3sc(C=O)c(c23)C1. The van der Waals surface area contributed by atoms with E-state index < -0.39 is 0 Å². The number of hydrogen-bond acceptors (Lipinski definition) is 3. The lowest BCUT2D eigenvalue weighted by molar-refractivity contribution is 0.112.